The van der Waals surface area contributed by atoms with E-state index in [0.29, 0.717) is 6.54 Å². The Morgan fingerprint density at radius 2 is 2.00 bits per heavy atom. The molecule has 1 nitrogen and oxygen atoms in total. The summed E-state index contributed by atoms with van der Waals surface area (Å²) in [4.78, 5) is 0. The molecule has 0 heterocycles. The molecular formula is C17H25BrFN. The van der Waals surface area contributed by atoms with Crippen molar-refractivity contribution in [1.82, 2.24) is 0 Å². The second kappa shape index (κ2) is 6.57. The smallest absolute Gasteiger partial charge is 0.123 e. The molecule has 0 saturated heterocycles. The van der Waals surface area contributed by atoms with E-state index in [4.69, 9.17) is 5.73 Å². The summed E-state index contributed by atoms with van der Waals surface area (Å²) in [7, 11) is 0. The van der Waals surface area contributed by atoms with Crippen molar-refractivity contribution in [1.29, 1.82) is 0 Å². The summed E-state index contributed by atoms with van der Waals surface area (Å²) < 4.78 is 14.4. The quantitative estimate of drug-likeness (QED) is 0.826. The zero-order chi connectivity index (χ0) is 14.8. The Bertz CT molecular complexity index is 450. The molecule has 0 bridgehead atoms. The highest BCUT2D eigenvalue weighted by molar-refractivity contribution is 9.10. The van der Waals surface area contributed by atoms with Gasteiger partial charge in [-0.15, -0.1) is 0 Å². The lowest BCUT2D eigenvalue weighted by Crippen LogP contribution is -2.37. The first-order valence-corrected chi connectivity index (χ1v) is 8.39. The average molecular weight is 342 g/mol. The molecule has 112 valence electrons. The van der Waals surface area contributed by atoms with Gasteiger partial charge in [0.2, 0.25) is 0 Å². The van der Waals surface area contributed by atoms with Crippen LogP contribution in [0.2, 0.25) is 0 Å². The molecule has 1 aromatic rings. The Kier molecular flexibility index (Phi) is 5.25. The van der Waals surface area contributed by atoms with E-state index < -0.39 is 0 Å². The fourth-order valence-electron chi connectivity index (χ4n) is 3.46. The summed E-state index contributed by atoms with van der Waals surface area (Å²) >= 11 is 3.54. The van der Waals surface area contributed by atoms with Gasteiger partial charge in [-0.2, -0.15) is 0 Å². The van der Waals surface area contributed by atoms with Gasteiger partial charge < -0.3 is 5.73 Å². The van der Waals surface area contributed by atoms with Gasteiger partial charge in [0.25, 0.3) is 0 Å². The first-order chi connectivity index (χ1) is 9.46. The van der Waals surface area contributed by atoms with Gasteiger partial charge in [0.05, 0.1) is 0 Å². The SMILES string of the molecule is CC(C)C1CCC(CN)(Cc2cc(F)ccc2Br)CC1. The van der Waals surface area contributed by atoms with Crippen molar-refractivity contribution in [2.24, 2.45) is 23.0 Å². The van der Waals surface area contributed by atoms with Gasteiger partial charge >= 0.3 is 0 Å². The Balaban J connectivity index is 2.11. The van der Waals surface area contributed by atoms with Crippen molar-refractivity contribution < 1.29 is 4.39 Å². The van der Waals surface area contributed by atoms with E-state index in [9.17, 15) is 4.39 Å². The van der Waals surface area contributed by atoms with E-state index in [1.54, 1.807) is 12.1 Å². The van der Waals surface area contributed by atoms with E-state index >= 15 is 0 Å². The molecule has 0 atom stereocenters. The number of nitrogens with two attached hydrogens (primary N) is 1. The summed E-state index contributed by atoms with van der Waals surface area (Å²) in [5.74, 6) is 1.42. The third-order valence-corrected chi connectivity index (χ3v) is 5.81. The Hall–Kier alpha value is -0.410. The molecule has 1 aliphatic carbocycles. The Morgan fingerprint density at radius 3 is 2.55 bits per heavy atom. The average Bonchev–Trinajstić information content (AvgIpc) is 2.43. The van der Waals surface area contributed by atoms with Crippen LogP contribution in [0.5, 0.6) is 0 Å². The lowest BCUT2D eigenvalue weighted by atomic mass is 9.65. The molecule has 0 aliphatic heterocycles. The maximum absolute atomic E-state index is 13.4. The maximum Gasteiger partial charge on any atom is 0.123 e. The maximum atomic E-state index is 13.4. The van der Waals surface area contributed by atoms with Crippen LogP contribution in [0.25, 0.3) is 0 Å². The molecule has 1 saturated carbocycles. The van der Waals surface area contributed by atoms with Crippen molar-refractivity contribution in [3.8, 4) is 0 Å². The van der Waals surface area contributed by atoms with Gasteiger partial charge in [-0.25, -0.2) is 4.39 Å². The number of benzene rings is 1. The molecular weight excluding hydrogens is 317 g/mol. The Morgan fingerprint density at radius 1 is 1.35 bits per heavy atom. The molecule has 3 heteroatoms. The van der Waals surface area contributed by atoms with Crippen molar-refractivity contribution in [2.45, 2.75) is 46.0 Å². The van der Waals surface area contributed by atoms with Crippen LogP contribution in [0.3, 0.4) is 0 Å². The molecule has 2 N–H and O–H groups in total. The van der Waals surface area contributed by atoms with Crippen LogP contribution in [0.15, 0.2) is 22.7 Å². The van der Waals surface area contributed by atoms with Crippen LogP contribution < -0.4 is 5.73 Å². The van der Waals surface area contributed by atoms with E-state index in [0.717, 1.165) is 41.1 Å². The molecule has 0 radical (unpaired) electrons. The summed E-state index contributed by atoms with van der Waals surface area (Å²) in [6.07, 6.45) is 5.71. The second-order valence-corrected chi connectivity index (χ2v) is 7.55. The van der Waals surface area contributed by atoms with E-state index in [2.05, 4.69) is 29.8 Å². The van der Waals surface area contributed by atoms with Crippen molar-refractivity contribution in [2.75, 3.05) is 6.54 Å². The highest BCUT2D eigenvalue weighted by atomic mass is 79.9. The van der Waals surface area contributed by atoms with Gasteiger partial charge in [0.1, 0.15) is 5.82 Å². The van der Waals surface area contributed by atoms with Gasteiger partial charge in [0, 0.05) is 4.47 Å². The molecule has 0 aromatic heterocycles. The zero-order valence-electron chi connectivity index (χ0n) is 12.5. The van der Waals surface area contributed by atoms with E-state index in [-0.39, 0.29) is 11.2 Å². The summed E-state index contributed by atoms with van der Waals surface area (Å²) in [5, 5.41) is 0. The number of hydrogen-bond donors (Lipinski definition) is 1. The van der Waals surface area contributed by atoms with Crippen LogP contribution in [0, 0.1) is 23.1 Å². The summed E-state index contributed by atoms with van der Waals surface area (Å²) in [6.45, 7) is 5.31. The van der Waals surface area contributed by atoms with Gasteiger partial charge in [-0.3, -0.25) is 0 Å². The minimum absolute atomic E-state index is 0.154. The largest absolute Gasteiger partial charge is 0.330 e. The minimum atomic E-state index is -0.161. The lowest BCUT2D eigenvalue weighted by molar-refractivity contribution is 0.132. The van der Waals surface area contributed by atoms with E-state index in [1.807, 2.05) is 0 Å². The molecule has 0 unspecified atom stereocenters. The fourth-order valence-corrected chi connectivity index (χ4v) is 3.84. The third-order valence-electron chi connectivity index (χ3n) is 5.04. The summed E-state index contributed by atoms with van der Waals surface area (Å²) in [6, 6.07) is 4.95. The van der Waals surface area contributed by atoms with Crippen LogP contribution in [0.1, 0.15) is 45.1 Å². The fraction of sp³-hybridized carbons (Fsp3) is 0.647. The monoisotopic (exact) mass is 341 g/mol. The predicted octanol–water partition coefficient (Wildman–Crippen LogP) is 4.92. The van der Waals surface area contributed by atoms with Crippen molar-refractivity contribution in [3.63, 3.8) is 0 Å². The van der Waals surface area contributed by atoms with Crippen LogP contribution in [-0.2, 0) is 6.42 Å². The zero-order valence-corrected chi connectivity index (χ0v) is 14.0. The van der Waals surface area contributed by atoms with Crippen LogP contribution in [0.4, 0.5) is 4.39 Å². The van der Waals surface area contributed by atoms with Gasteiger partial charge in [0.15, 0.2) is 0 Å². The van der Waals surface area contributed by atoms with Crippen LogP contribution in [-0.4, -0.2) is 6.54 Å². The first kappa shape index (κ1) is 16.0. The normalized spacial score (nSPS) is 27.0. The first-order valence-electron chi connectivity index (χ1n) is 7.60. The van der Waals surface area contributed by atoms with Crippen molar-refractivity contribution >= 4 is 15.9 Å². The third kappa shape index (κ3) is 3.62. The summed E-state index contributed by atoms with van der Waals surface area (Å²) in [5.41, 5.74) is 7.30. The molecule has 1 fully saturated rings. The Labute approximate surface area is 130 Å². The van der Waals surface area contributed by atoms with Gasteiger partial charge in [-0.1, -0.05) is 29.8 Å². The number of rotatable bonds is 4. The number of hydrogen-bond acceptors (Lipinski definition) is 1. The molecule has 20 heavy (non-hydrogen) atoms. The lowest BCUT2D eigenvalue weighted by Gasteiger charge is -2.41. The second-order valence-electron chi connectivity index (χ2n) is 6.70. The number of halogens is 2. The predicted molar refractivity (Wildman–Crippen MR) is 86.1 cm³/mol. The standard InChI is InChI=1S/C17H25BrFN/c1-12(2)13-5-7-17(11-20,8-6-13)10-14-9-15(19)3-4-16(14)18/h3-4,9,12-13H,5-8,10-11,20H2,1-2H3. The van der Waals surface area contributed by atoms with E-state index in [1.165, 1.54) is 18.9 Å². The van der Waals surface area contributed by atoms with Crippen molar-refractivity contribution in [3.05, 3.63) is 34.1 Å². The highest BCUT2D eigenvalue weighted by Crippen LogP contribution is 2.43. The molecule has 0 spiro atoms. The molecule has 0 amide bonds. The molecule has 1 aliphatic rings. The topological polar surface area (TPSA) is 26.0 Å². The molecule has 1 aromatic carbocycles. The van der Waals surface area contributed by atoms with Gasteiger partial charge in [-0.05, 0) is 79.7 Å². The molecule has 2 rings (SSSR count). The van der Waals surface area contributed by atoms with Crippen LogP contribution >= 0.6 is 15.9 Å². The highest BCUT2D eigenvalue weighted by Gasteiger charge is 2.35. The minimum Gasteiger partial charge on any atom is -0.330 e.